The van der Waals surface area contributed by atoms with Gasteiger partial charge in [-0.2, -0.15) is 0 Å². The Labute approximate surface area is 95.1 Å². The smallest absolute Gasteiger partial charge is 0.135 e. The molecule has 0 aliphatic heterocycles. The van der Waals surface area contributed by atoms with Gasteiger partial charge in [-0.1, -0.05) is 54.6 Å². The molecule has 0 fully saturated rings. The number of halogens is 1. The average Bonchev–Trinajstić information content (AvgIpc) is 2.34. The number of hydrogen-bond donors (Lipinski definition) is 0. The second-order valence-electron chi connectivity index (χ2n) is 3.56. The van der Waals surface area contributed by atoms with E-state index in [4.69, 9.17) is 0 Å². The summed E-state index contributed by atoms with van der Waals surface area (Å²) in [5.74, 6) is -0.421. The largest absolute Gasteiger partial charge is 0.206 e. The van der Waals surface area contributed by atoms with E-state index in [9.17, 15) is 4.39 Å². The van der Waals surface area contributed by atoms with Gasteiger partial charge in [0.2, 0.25) is 0 Å². The Kier molecular flexibility index (Phi) is 3.16. The van der Waals surface area contributed by atoms with E-state index in [1.807, 2.05) is 30.3 Å². The van der Waals surface area contributed by atoms with Crippen LogP contribution in [-0.4, -0.2) is 0 Å². The molecular weight excluding hydrogens is 199 g/mol. The van der Waals surface area contributed by atoms with E-state index in [1.165, 1.54) is 0 Å². The van der Waals surface area contributed by atoms with Crippen LogP contribution >= 0.6 is 0 Å². The second-order valence-corrected chi connectivity index (χ2v) is 3.56. The van der Waals surface area contributed by atoms with E-state index in [-0.39, 0.29) is 11.7 Å². The highest BCUT2D eigenvalue weighted by Gasteiger charge is 2.13. The summed E-state index contributed by atoms with van der Waals surface area (Å²) in [5.41, 5.74) is 1.65. The topological polar surface area (TPSA) is 0 Å². The maximum absolute atomic E-state index is 13.6. The van der Waals surface area contributed by atoms with E-state index in [1.54, 1.807) is 24.3 Å². The van der Waals surface area contributed by atoms with Gasteiger partial charge in [0, 0.05) is 12.0 Å². The molecule has 0 nitrogen and oxygen atoms in total. The first-order valence-electron chi connectivity index (χ1n) is 5.16. The highest BCUT2D eigenvalue weighted by atomic mass is 19.1. The molecule has 1 atom stereocenters. The summed E-state index contributed by atoms with van der Waals surface area (Å²) in [6.07, 6.45) is 1.75. The Morgan fingerprint density at radius 3 is 2.50 bits per heavy atom. The number of rotatable bonds is 3. The number of hydrogen-bond acceptors (Lipinski definition) is 0. The average molecular weight is 211 g/mol. The van der Waals surface area contributed by atoms with Crippen LogP contribution in [0.2, 0.25) is 0 Å². The summed E-state index contributed by atoms with van der Waals surface area (Å²) < 4.78 is 13.6. The summed E-state index contributed by atoms with van der Waals surface area (Å²) in [4.78, 5) is 0. The Morgan fingerprint density at radius 2 is 1.88 bits per heavy atom. The molecule has 2 aromatic rings. The molecule has 2 aromatic carbocycles. The van der Waals surface area contributed by atoms with Crippen LogP contribution in [0.5, 0.6) is 0 Å². The Morgan fingerprint density at radius 1 is 1.12 bits per heavy atom. The van der Waals surface area contributed by atoms with Crippen LogP contribution in [0.4, 0.5) is 4.39 Å². The van der Waals surface area contributed by atoms with Crippen LogP contribution in [0.3, 0.4) is 0 Å². The van der Waals surface area contributed by atoms with Gasteiger partial charge in [-0.05, 0) is 11.1 Å². The zero-order chi connectivity index (χ0) is 11.4. The molecule has 16 heavy (non-hydrogen) atoms. The van der Waals surface area contributed by atoms with Crippen molar-refractivity contribution in [1.29, 1.82) is 0 Å². The van der Waals surface area contributed by atoms with E-state index >= 15 is 0 Å². The van der Waals surface area contributed by atoms with Crippen molar-refractivity contribution in [1.82, 2.24) is 0 Å². The van der Waals surface area contributed by atoms with Crippen LogP contribution in [0.25, 0.3) is 0 Å². The molecule has 0 aliphatic rings. The van der Waals surface area contributed by atoms with Gasteiger partial charge in [-0.3, -0.25) is 0 Å². The third kappa shape index (κ3) is 2.03. The summed E-state index contributed by atoms with van der Waals surface area (Å²) in [5, 5.41) is 0. The third-order valence-electron chi connectivity index (χ3n) is 2.56. The maximum Gasteiger partial charge on any atom is 0.135 e. The van der Waals surface area contributed by atoms with Crippen molar-refractivity contribution < 1.29 is 4.39 Å². The fourth-order valence-electron chi connectivity index (χ4n) is 1.77. The summed E-state index contributed by atoms with van der Waals surface area (Å²) in [6, 6.07) is 17.5. The standard InChI is InChI=1S/C15H12F/c1-2-13(12-8-4-3-5-9-12)14-10-6-7-11-15(14)16/h2-10,13H,1H2. The highest BCUT2D eigenvalue weighted by molar-refractivity contribution is 5.36. The first-order valence-corrected chi connectivity index (χ1v) is 5.16. The van der Waals surface area contributed by atoms with E-state index in [0.717, 1.165) is 5.56 Å². The van der Waals surface area contributed by atoms with Gasteiger partial charge in [0.15, 0.2) is 0 Å². The molecule has 1 unspecified atom stereocenters. The lowest BCUT2D eigenvalue weighted by atomic mass is 9.91. The zero-order valence-electron chi connectivity index (χ0n) is 8.86. The van der Waals surface area contributed by atoms with Gasteiger partial charge >= 0.3 is 0 Å². The molecule has 2 rings (SSSR count). The molecule has 0 bridgehead atoms. The van der Waals surface area contributed by atoms with Crippen molar-refractivity contribution in [3.8, 4) is 0 Å². The van der Waals surface area contributed by atoms with Gasteiger partial charge in [0.1, 0.15) is 5.82 Å². The van der Waals surface area contributed by atoms with E-state index in [2.05, 4.69) is 12.6 Å². The molecular formula is C15H12F. The van der Waals surface area contributed by atoms with Gasteiger partial charge in [0.25, 0.3) is 0 Å². The molecule has 0 spiro atoms. The van der Waals surface area contributed by atoms with Crippen molar-refractivity contribution in [3.05, 3.63) is 84.2 Å². The first kappa shape index (κ1) is 10.6. The van der Waals surface area contributed by atoms with Crippen molar-refractivity contribution in [2.45, 2.75) is 5.92 Å². The molecule has 1 radical (unpaired) electrons. The van der Waals surface area contributed by atoms with Crippen molar-refractivity contribution in [3.63, 3.8) is 0 Å². The summed E-state index contributed by atoms with van der Waals surface area (Å²) in [6.45, 7) is 3.77. The minimum atomic E-state index is -0.309. The van der Waals surface area contributed by atoms with Gasteiger partial charge < -0.3 is 0 Å². The van der Waals surface area contributed by atoms with Gasteiger partial charge in [-0.15, -0.1) is 6.58 Å². The van der Waals surface area contributed by atoms with Crippen molar-refractivity contribution in [2.75, 3.05) is 0 Å². The van der Waals surface area contributed by atoms with Crippen LogP contribution in [0, 0.1) is 11.9 Å². The Bertz CT molecular complexity index is 474. The molecule has 79 valence electrons. The van der Waals surface area contributed by atoms with Crippen LogP contribution in [0.1, 0.15) is 17.0 Å². The predicted molar refractivity (Wildman–Crippen MR) is 63.7 cm³/mol. The quantitative estimate of drug-likeness (QED) is 0.674. The Hall–Kier alpha value is -1.89. The molecule has 0 aromatic heterocycles. The SMILES string of the molecule is C=CC(c1ccccc1)c1ccc[c]c1F. The summed E-state index contributed by atoms with van der Waals surface area (Å²) in [7, 11) is 0. The lowest BCUT2D eigenvalue weighted by Crippen LogP contribution is -2.00. The molecule has 0 aliphatic carbocycles. The lowest BCUT2D eigenvalue weighted by Gasteiger charge is -2.13. The first-order chi connectivity index (χ1) is 7.83. The van der Waals surface area contributed by atoms with Gasteiger partial charge in [-0.25, -0.2) is 4.39 Å². The lowest BCUT2D eigenvalue weighted by molar-refractivity contribution is 0.606. The van der Waals surface area contributed by atoms with Gasteiger partial charge in [0.05, 0.1) is 0 Å². The highest BCUT2D eigenvalue weighted by Crippen LogP contribution is 2.27. The predicted octanol–water partition coefficient (Wildman–Crippen LogP) is 3.94. The second kappa shape index (κ2) is 4.75. The fourth-order valence-corrected chi connectivity index (χ4v) is 1.77. The fraction of sp³-hybridized carbons (Fsp3) is 0.0667. The Balaban J connectivity index is 2.45. The monoisotopic (exact) mass is 211 g/mol. The number of allylic oxidation sites excluding steroid dienone is 1. The maximum atomic E-state index is 13.6. The minimum absolute atomic E-state index is 0.112. The van der Waals surface area contributed by atoms with E-state index < -0.39 is 0 Å². The molecule has 1 heteroatoms. The molecule has 0 saturated heterocycles. The van der Waals surface area contributed by atoms with Crippen molar-refractivity contribution in [2.24, 2.45) is 0 Å². The van der Waals surface area contributed by atoms with Crippen LogP contribution in [-0.2, 0) is 0 Å². The molecule has 0 saturated carbocycles. The third-order valence-corrected chi connectivity index (χ3v) is 2.56. The molecule has 0 amide bonds. The van der Waals surface area contributed by atoms with Crippen LogP contribution < -0.4 is 0 Å². The van der Waals surface area contributed by atoms with Crippen LogP contribution in [0.15, 0.2) is 61.2 Å². The van der Waals surface area contributed by atoms with Crippen molar-refractivity contribution >= 4 is 0 Å². The summed E-state index contributed by atoms with van der Waals surface area (Å²) >= 11 is 0. The zero-order valence-corrected chi connectivity index (χ0v) is 8.86. The molecule has 0 heterocycles. The molecule has 0 N–H and O–H groups in total. The number of benzene rings is 2. The minimum Gasteiger partial charge on any atom is -0.206 e. The normalized spacial score (nSPS) is 12.1. The van der Waals surface area contributed by atoms with E-state index in [0.29, 0.717) is 5.56 Å².